The zero-order valence-electron chi connectivity index (χ0n) is 14.2. The molecule has 1 aliphatic rings. The van der Waals surface area contributed by atoms with Crippen LogP contribution in [0.2, 0.25) is 5.02 Å². The number of nitrogens with one attached hydrogen (secondary N) is 1. The van der Waals surface area contributed by atoms with Gasteiger partial charge in [-0.25, -0.2) is 9.59 Å². The van der Waals surface area contributed by atoms with E-state index in [1.165, 1.54) is 0 Å². The van der Waals surface area contributed by atoms with E-state index in [1.54, 1.807) is 34.1 Å². The Morgan fingerprint density at radius 3 is 2.19 bits per heavy atom. The van der Waals surface area contributed by atoms with E-state index in [0.29, 0.717) is 36.9 Å². The largest absolute Gasteiger partial charge is 0.445 e. The molecule has 0 unspecified atom stereocenters. The topological polar surface area (TPSA) is 61.9 Å². The maximum absolute atomic E-state index is 12.3. The molecule has 0 spiro atoms. The lowest BCUT2D eigenvalue weighted by atomic mass is 10.2. The van der Waals surface area contributed by atoms with Gasteiger partial charge in [-0.15, -0.1) is 0 Å². The van der Waals surface area contributed by atoms with E-state index in [-0.39, 0.29) is 18.7 Å². The van der Waals surface area contributed by atoms with Crippen LogP contribution in [0.15, 0.2) is 54.6 Å². The summed E-state index contributed by atoms with van der Waals surface area (Å²) < 4.78 is 5.33. The van der Waals surface area contributed by atoms with Gasteiger partial charge in [0.1, 0.15) is 6.61 Å². The summed E-state index contributed by atoms with van der Waals surface area (Å²) in [4.78, 5) is 27.7. The van der Waals surface area contributed by atoms with Crippen molar-refractivity contribution in [3.05, 3.63) is 65.2 Å². The summed E-state index contributed by atoms with van der Waals surface area (Å²) in [6, 6.07) is 16.3. The third-order valence-electron chi connectivity index (χ3n) is 4.13. The number of benzene rings is 2. The molecule has 0 aromatic heterocycles. The summed E-state index contributed by atoms with van der Waals surface area (Å²) in [5.74, 6) is 0. The fourth-order valence-corrected chi connectivity index (χ4v) is 2.76. The lowest BCUT2D eigenvalue weighted by Gasteiger charge is -2.34. The van der Waals surface area contributed by atoms with Crippen molar-refractivity contribution < 1.29 is 14.3 Å². The van der Waals surface area contributed by atoms with Crippen LogP contribution in [-0.4, -0.2) is 48.1 Å². The van der Waals surface area contributed by atoms with Crippen LogP contribution >= 0.6 is 11.6 Å². The van der Waals surface area contributed by atoms with E-state index in [9.17, 15) is 9.59 Å². The summed E-state index contributed by atoms with van der Waals surface area (Å²) in [6.07, 6.45) is -0.355. The molecule has 0 saturated carbocycles. The van der Waals surface area contributed by atoms with Gasteiger partial charge < -0.3 is 19.9 Å². The smallest absolute Gasteiger partial charge is 0.410 e. The number of anilines is 1. The van der Waals surface area contributed by atoms with E-state index >= 15 is 0 Å². The Balaban J connectivity index is 1.43. The third-order valence-corrected chi connectivity index (χ3v) is 4.38. The van der Waals surface area contributed by atoms with Gasteiger partial charge in [-0.05, 0) is 29.8 Å². The zero-order chi connectivity index (χ0) is 18.4. The first-order chi connectivity index (χ1) is 12.6. The Morgan fingerprint density at radius 1 is 0.923 bits per heavy atom. The van der Waals surface area contributed by atoms with Gasteiger partial charge >= 0.3 is 12.1 Å². The average molecular weight is 374 g/mol. The predicted molar refractivity (Wildman–Crippen MR) is 100 cm³/mol. The second-order valence-electron chi connectivity index (χ2n) is 5.95. The maximum atomic E-state index is 12.3. The van der Waals surface area contributed by atoms with Crippen LogP contribution in [0.4, 0.5) is 15.3 Å². The molecule has 2 aromatic carbocycles. The Morgan fingerprint density at radius 2 is 1.54 bits per heavy atom. The van der Waals surface area contributed by atoms with Gasteiger partial charge in [0, 0.05) is 36.9 Å². The van der Waals surface area contributed by atoms with Crippen molar-refractivity contribution in [3.8, 4) is 0 Å². The number of halogens is 1. The van der Waals surface area contributed by atoms with Crippen molar-refractivity contribution in [2.75, 3.05) is 31.5 Å². The molecule has 1 aliphatic heterocycles. The molecular weight excluding hydrogens is 354 g/mol. The fourth-order valence-electron chi connectivity index (χ4n) is 2.64. The number of nitrogens with zero attached hydrogens (tertiary/aromatic N) is 2. The molecular formula is C19H20ClN3O3. The molecule has 1 N–H and O–H groups in total. The zero-order valence-corrected chi connectivity index (χ0v) is 15.0. The van der Waals surface area contributed by atoms with Crippen molar-refractivity contribution in [2.24, 2.45) is 0 Å². The van der Waals surface area contributed by atoms with Crippen LogP contribution in [0.1, 0.15) is 5.56 Å². The fraction of sp³-hybridized carbons (Fsp3) is 0.263. The standard InChI is InChI=1S/C19H20ClN3O3/c20-16-6-8-17(9-7-16)21-18(24)22-10-12-23(13-11-22)19(25)26-14-15-4-2-1-3-5-15/h1-9H,10-14H2,(H,21,24). The number of hydrogen-bond donors (Lipinski definition) is 1. The minimum absolute atomic E-state index is 0.190. The van der Waals surface area contributed by atoms with Crippen LogP contribution in [0.25, 0.3) is 0 Å². The Hall–Kier alpha value is -2.73. The molecule has 1 saturated heterocycles. The van der Waals surface area contributed by atoms with E-state index in [0.717, 1.165) is 5.56 Å². The number of hydrogen-bond acceptors (Lipinski definition) is 3. The number of carbonyl (C=O) groups excluding carboxylic acids is 2. The Kier molecular flexibility index (Phi) is 5.96. The molecule has 1 heterocycles. The Labute approximate surface area is 157 Å². The van der Waals surface area contributed by atoms with Gasteiger partial charge in [0.15, 0.2) is 0 Å². The van der Waals surface area contributed by atoms with Crippen LogP contribution < -0.4 is 5.32 Å². The number of urea groups is 1. The molecule has 1 fully saturated rings. The van der Waals surface area contributed by atoms with Crippen LogP contribution in [0.3, 0.4) is 0 Å². The van der Waals surface area contributed by atoms with Crippen molar-refractivity contribution in [3.63, 3.8) is 0 Å². The van der Waals surface area contributed by atoms with Gasteiger partial charge in [0.25, 0.3) is 0 Å². The highest BCUT2D eigenvalue weighted by molar-refractivity contribution is 6.30. The van der Waals surface area contributed by atoms with Gasteiger partial charge in [0.05, 0.1) is 0 Å². The lowest BCUT2D eigenvalue weighted by molar-refractivity contribution is 0.0782. The molecule has 136 valence electrons. The monoisotopic (exact) mass is 373 g/mol. The molecule has 7 heteroatoms. The van der Waals surface area contributed by atoms with Crippen molar-refractivity contribution in [2.45, 2.75) is 6.61 Å². The van der Waals surface area contributed by atoms with E-state index in [2.05, 4.69) is 5.32 Å². The summed E-state index contributed by atoms with van der Waals surface area (Å²) in [5.41, 5.74) is 1.63. The predicted octanol–water partition coefficient (Wildman–Crippen LogP) is 3.83. The van der Waals surface area contributed by atoms with Crippen molar-refractivity contribution >= 4 is 29.4 Å². The van der Waals surface area contributed by atoms with Crippen molar-refractivity contribution in [1.29, 1.82) is 0 Å². The van der Waals surface area contributed by atoms with Gasteiger partial charge in [0.2, 0.25) is 0 Å². The van der Waals surface area contributed by atoms with Gasteiger partial charge in [-0.1, -0.05) is 41.9 Å². The molecule has 0 aliphatic carbocycles. The molecule has 26 heavy (non-hydrogen) atoms. The minimum Gasteiger partial charge on any atom is -0.445 e. The number of rotatable bonds is 3. The molecule has 0 radical (unpaired) electrons. The van der Waals surface area contributed by atoms with Crippen LogP contribution in [0.5, 0.6) is 0 Å². The molecule has 2 aromatic rings. The molecule has 6 nitrogen and oxygen atoms in total. The third kappa shape index (κ3) is 4.89. The number of ether oxygens (including phenoxy) is 1. The molecule has 0 bridgehead atoms. The number of piperazine rings is 1. The minimum atomic E-state index is -0.355. The lowest BCUT2D eigenvalue weighted by Crippen LogP contribution is -2.51. The normalized spacial score (nSPS) is 14.0. The Bertz CT molecular complexity index is 744. The number of carbonyl (C=O) groups is 2. The average Bonchev–Trinajstić information content (AvgIpc) is 2.69. The molecule has 3 amide bonds. The first-order valence-electron chi connectivity index (χ1n) is 8.39. The summed E-state index contributed by atoms with van der Waals surface area (Å²) in [7, 11) is 0. The van der Waals surface area contributed by atoms with Gasteiger partial charge in [-0.2, -0.15) is 0 Å². The maximum Gasteiger partial charge on any atom is 0.410 e. The second kappa shape index (κ2) is 8.58. The van der Waals surface area contributed by atoms with Crippen molar-refractivity contribution in [1.82, 2.24) is 9.80 Å². The molecule has 3 rings (SSSR count). The second-order valence-corrected chi connectivity index (χ2v) is 6.39. The number of amides is 3. The van der Waals surface area contributed by atoms with E-state index in [4.69, 9.17) is 16.3 Å². The summed E-state index contributed by atoms with van der Waals surface area (Å²) >= 11 is 5.83. The summed E-state index contributed by atoms with van der Waals surface area (Å²) in [5, 5.41) is 3.44. The van der Waals surface area contributed by atoms with E-state index in [1.807, 2.05) is 30.3 Å². The SMILES string of the molecule is O=C(Nc1ccc(Cl)cc1)N1CCN(C(=O)OCc2ccccc2)CC1. The highest BCUT2D eigenvalue weighted by Crippen LogP contribution is 2.14. The van der Waals surface area contributed by atoms with Crippen LogP contribution in [-0.2, 0) is 11.3 Å². The highest BCUT2D eigenvalue weighted by Gasteiger charge is 2.25. The van der Waals surface area contributed by atoms with E-state index < -0.39 is 0 Å². The highest BCUT2D eigenvalue weighted by atomic mass is 35.5. The van der Waals surface area contributed by atoms with Gasteiger partial charge in [-0.3, -0.25) is 0 Å². The molecule has 0 atom stereocenters. The first kappa shape index (κ1) is 18.1. The first-order valence-corrected chi connectivity index (χ1v) is 8.77. The quantitative estimate of drug-likeness (QED) is 0.889. The van der Waals surface area contributed by atoms with Crippen LogP contribution in [0, 0.1) is 0 Å². The summed E-state index contributed by atoms with van der Waals surface area (Å²) in [6.45, 7) is 2.06.